The van der Waals surface area contributed by atoms with Crippen molar-refractivity contribution in [3.63, 3.8) is 0 Å². The number of fused-ring (bicyclic) bond motifs is 3. The van der Waals surface area contributed by atoms with E-state index in [2.05, 4.69) is 34.9 Å². The summed E-state index contributed by atoms with van der Waals surface area (Å²) in [7, 11) is 0. The Morgan fingerprint density at radius 1 is 1.03 bits per heavy atom. The largest absolute Gasteiger partial charge is 0.481 e. The smallest absolute Gasteiger partial charge is 0.407 e. The van der Waals surface area contributed by atoms with E-state index in [1.807, 2.05) is 38.1 Å². The molecule has 2 aliphatic carbocycles. The fourth-order valence-corrected chi connectivity index (χ4v) is 5.17. The Morgan fingerprint density at radius 3 is 2.24 bits per heavy atom. The van der Waals surface area contributed by atoms with Crippen LogP contribution in [-0.2, 0) is 14.3 Å². The lowest BCUT2D eigenvalue weighted by Crippen LogP contribution is -2.53. The lowest BCUT2D eigenvalue weighted by molar-refractivity contribution is -0.142. The molecule has 7 heteroatoms. The molecule has 2 aromatic rings. The molecule has 0 spiro atoms. The second kappa shape index (κ2) is 10.3. The summed E-state index contributed by atoms with van der Waals surface area (Å²) in [4.78, 5) is 37.3. The van der Waals surface area contributed by atoms with Crippen LogP contribution in [0.15, 0.2) is 48.5 Å². The van der Waals surface area contributed by atoms with Gasteiger partial charge in [0.25, 0.3) is 0 Å². The number of nitrogens with one attached hydrogen (secondary N) is 2. The van der Waals surface area contributed by atoms with Gasteiger partial charge in [-0.25, -0.2) is 4.79 Å². The monoisotopic (exact) mass is 464 g/mol. The number of carboxylic acids is 1. The highest BCUT2D eigenvalue weighted by molar-refractivity contribution is 5.87. The number of amides is 2. The van der Waals surface area contributed by atoms with Gasteiger partial charge in [-0.15, -0.1) is 0 Å². The Bertz CT molecular complexity index is 1020. The van der Waals surface area contributed by atoms with E-state index >= 15 is 0 Å². The zero-order valence-electron chi connectivity index (χ0n) is 19.6. The summed E-state index contributed by atoms with van der Waals surface area (Å²) in [5, 5.41) is 15.0. The average molecular weight is 465 g/mol. The van der Waals surface area contributed by atoms with Gasteiger partial charge in [-0.1, -0.05) is 75.2 Å². The van der Waals surface area contributed by atoms with E-state index in [-0.39, 0.29) is 24.3 Å². The van der Waals surface area contributed by atoms with E-state index in [9.17, 15) is 19.5 Å². The molecule has 1 fully saturated rings. The van der Waals surface area contributed by atoms with Crippen molar-refractivity contribution in [3.05, 3.63) is 59.7 Å². The number of hydrogen-bond acceptors (Lipinski definition) is 4. The molecule has 0 aromatic heterocycles. The maximum Gasteiger partial charge on any atom is 0.407 e. The average Bonchev–Trinajstić information content (AvgIpc) is 3.43. The fraction of sp³-hybridized carbons (Fsp3) is 0.444. The molecule has 0 bridgehead atoms. The summed E-state index contributed by atoms with van der Waals surface area (Å²) in [6.45, 7) is 4.00. The third kappa shape index (κ3) is 4.79. The van der Waals surface area contributed by atoms with Gasteiger partial charge in [0.2, 0.25) is 5.91 Å². The molecule has 4 rings (SSSR count). The van der Waals surface area contributed by atoms with Crippen LogP contribution >= 0.6 is 0 Å². The zero-order chi connectivity index (χ0) is 24.2. The Labute approximate surface area is 199 Å². The van der Waals surface area contributed by atoms with E-state index in [1.54, 1.807) is 0 Å². The third-order valence-electron chi connectivity index (χ3n) is 7.27. The van der Waals surface area contributed by atoms with Crippen molar-refractivity contribution in [1.29, 1.82) is 0 Å². The number of aliphatic carboxylic acids is 1. The molecule has 2 unspecified atom stereocenters. The van der Waals surface area contributed by atoms with Crippen LogP contribution in [-0.4, -0.2) is 41.8 Å². The molecule has 2 amide bonds. The quantitative estimate of drug-likeness (QED) is 0.540. The first-order valence-electron chi connectivity index (χ1n) is 12.0. The molecule has 0 heterocycles. The first kappa shape index (κ1) is 23.8. The van der Waals surface area contributed by atoms with Gasteiger partial charge in [0.1, 0.15) is 12.6 Å². The number of benzene rings is 2. The molecule has 180 valence electrons. The van der Waals surface area contributed by atoms with Gasteiger partial charge >= 0.3 is 12.1 Å². The van der Waals surface area contributed by atoms with Crippen LogP contribution in [0.3, 0.4) is 0 Å². The van der Waals surface area contributed by atoms with E-state index in [4.69, 9.17) is 4.74 Å². The van der Waals surface area contributed by atoms with Crippen molar-refractivity contribution in [1.82, 2.24) is 10.6 Å². The van der Waals surface area contributed by atoms with E-state index in [0.29, 0.717) is 19.3 Å². The first-order chi connectivity index (χ1) is 16.4. The number of alkyl carbamates (subject to hydrolysis) is 1. The predicted molar refractivity (Wildman–Crippen MR) is 128 cm³/mol. The molecule has 3 N–H and O–H groups in total. The SMILES string of the molecule is CC[C@H](C)[C@H](NC(=O)OCC1c2ccccc2-c2ccccc21)C(=O)NC1CCCC1C(=O)O. The van der Waals surface area contributed by atoms with Crippen LogP contribution in [0.4, 0.5) is 4.79 Å². The summed E-state index contributed by atoms with van der Waals surface area (Å²) >= 11 is 0. The van der Waals surface area contributed by atoms with Crippen LogP contribution in [0, 0.1) is 11.8 Å². The second-order valence-electron chi connectivity index (χ2n) is 9.32. The molecule has 0 aliphatic heterocycles. The van der Waals surface area contributed by atoms with Gasteiger partial charge in [-0.3, -0.25) is 9.59 Å². The normalized spacial score (nSPS) is 20.6. The van der Waals surface area contributed by atoms with Crippen LogP contribution in [0.25, 0.3) is 11.1 Å². The summed E-state index contributed by atoms with van der Waals surface area (Å²) in [6.07, 6.45) is 1.96. The van der Waals surface area contributed by atoms with E-state index in [1.165, 1.54) is 0 Å². The van der Waals surface area contributed by atoms with E-state index in [0.717, 1.165) is 28.7 Å². The molecule has 2 aliphatic rings. The minimum Gasteiger partial charge on any atom is -0.481 e. The maximum absolute atomic E-state index is 13.0. The van der Waals surface area contributed by atoms with Crippen molar-refractivity contribution in [2.45, 2.75) is 57.5 Å². The number of carbonyl (C=O) groups excluding carboxylic acids is 2. The number of carboxylic acid groups (broad SMARTS) is 1. The summed E-state index contributed by atoms with van der Waals surface area (Å²) in [5.41, 5.74) is 4.53. The molecule has 4 atom stereocenters. The lowest BCUT2D eigenvalue weighted by atomic mass is 9.97. The zero-order valence-corrected chi connectivity index (χ0v) is 19.6. The van der Waals surface area contributed by atoms with Gasteiger partial charge in [0.15, 0.2) is 0 Å². The van der Waals surface area contributed by atoms with Crippen LogP contribution in [0.1, 0.15) is 56.6 Å². The van der Waals surface area contributed by atoms with E-state index < -0.39 is 30.1 Å². The first-order valence-corrected chi connectivity index (χ1v) is 12.0. The predicted octanol–water partition coefficient (Wildman–Crippen LogP) is 4.31. The van der Waals surface area contributed by atoms with Gasteiger partial charge in [-0.2, -0.15) is 0 Å². The Balaban J connectivity index is 1.41. The summed E-state index contributed by atoms with van der Waals surface area (Å²) in [5.74, 6) is -2.04. The fourth-order valence-electron chi connectivity index (χ4n) is 5.17. The van der Waals surface area contributed by atoms with Gasteiger partial charge in [0, 0.05) is 12.0 Å². The molecule has 2 aromatic carbocycles. The Morgan fingerprint density at radius 2 is 1.65 bits per heavy atom. The minimum absolute atomic E-state index is 0.0659. The molecular weight excluding hydrogens is 432 g/mol. The van der Waals surface area contributed by atoms with Gasteiger partial charge in [0.05, 0.1) is 5.92 Å². The van der Waals surface area contributed by atoms with Crippen molar-refractivity contribution < 1.29 is 24.2 Å². The molecule has 1 saturated carbocycles. The lowest BCUT2D eigenvalue weighted by Gasteiger charge is -2.26. The minimum atomic E-state index is -0.896. The number of rotatable bonds is 8. The van der Waals surface area contributed by atoms with Crippen LogP contribution in [0.2, 0.25) is 0 Å². The van der Waals surface area contributed by atoms with Crippen LogP contribution in [0.5, 0.6) is 0 Å². The second-order valence-corrected chi connectivity index (χ2v) is 9.32. The summed E-state index contributed by atoms with van der Waals surface area (Å²) in [6, 6.07) is 15.0. The maximum atomic E-state index is 13.0. The number of hydrogen-bond donors (Lipinski definition) is 3. The van der Waals surface area contributed by atoms with Crippen molar-refractivity contribution in [2.75, 3.05) is 6.61 Å². The highest BCUT2D eigenvalue weighted by atomic mass is 16.5. The summed E-state index contributed by atoms with van der Waals surface area (Å²) < 4.78 is 5.62. The molecule has 0 radical (unpaired) electrons. The van der Waals surface area contributed by atoms with Crippen LogP contribution < -0.4 is 10.6 Å². The van der Waals surface area contributed by atoms with Gasteiger partial charge < -0.3 is 20.5 Å². The third-order valence-corrected chi connectivity index (χ3v) is 7.27. The molecule has 7 nitrogen and oxygen atoms in total. The van der Waals surface area contributed by atoms with Crippen molar-refractivity contribution in [3.8, 4) is 11.1 Å². The Kier molecular flexibility index (Phi) is 7.20. The van der Waals surface area contributed by atoms with Gasteiger partial charge in [-0.05, 0) is 41.0 Å². The Hall–Kier alpha value is -3.35. The topological polar surface area (TPSA) is 105 Å². The van der Waals surface area contributed by atoms with Crippen molar-refractivity contribution >= 4 is 18.0 Å². The standard InChI is InChI=1S/C27H32N2O5/c1-3-16(2)24(25(30)28-23-14-8-13-21(23)26(31)32)29-27(33)34-15-22-19-11-6-4-9-17(19)18-10-5-7-12-20(18)22/h4-7,9-12,16,21-24H,3,8,13-15H2,1-2H3,(H,28,30)(H,29,33)(H,31,32)/t16-,21?,23?,24-/m0/s1. The molecular formula is C27H32N2O5. The highest BCUT2D eigenvalue weighted by Gasteiger charge is 2.37. The number of ether oxygens (including phenoxy) is 1. The molecule has 0 saturated heterocycles. The highest BCUT2D eigenvalue weighted by Crippen LogP contribution is 2.44. The molecule has 34 heavy (non-hydrogen) atoms. The van der Waals surface area contributed by atoms with Crippen molar-refractivity contribution in [2.24, 2.45) is 11.8 Å². The number of carbonyl (C=O) groups is 3.